The first-order chi connectivity index (χ1) is 11.2. The Morgan fingerprint density at radius 1 is 1.09 bits per heavy atom. The molecular formula is C16H15FN4OS. The van der Waals surface area contributed by atoms with Gasteiger partial charge in [-0.15, -0.1) is 0 Å². The zero-order chi connectivity index (χ0) is 16.1. The lowest BCUT2D eigenvalue weighted by atomic mass is 10.3. The summed E-state index contributed by atoms with van der Waals surface area (Å²) < 4.78 is 13.9. The van der Waals surface area contributed by atoms with Crippen molar-refractivity contribution in [2.75, 3.05) is 23.7 Å². The van der Waals surface area contributed by atoms with Crippen LogP contribution in [0.25, 0.3) is 10.2 Å². The second kappa shape index (κ2) is 7.06. The Labute approximate surface area is 136 Å². The Bertz CT molecular complexity index is 770. The van der Waals surface area contributed by atoms with E-state index in [1.807, 2.05) is 24.3 Å². The van der Waals surface area contributed by atoms with Crippen LogP contribution >= 0.6 is 11.3 Å². The summed E-state index contributed by atoms with van der Waals surface area (Å²) in [6.07, 6.45) is 0. The third-order valence-electron chi connectivity index (χ3n) is 3.08. The fourth-order valence-electron chi connectivity index (χ4n) is 2.00. The molecule has 7 heteroatoms. The summed E-state index contributed by atoms with van der Waals surface area (Å²) in [6, 6.07) is 13.2. The van der Waals surface area contributed by atoms with E-state index in [0.29, 0.717) is 18.8 Å². The van der Waals surface area contributed by atoms with Crippen LogP contribution in [0.2, 0.25) is 0 Å². The number of hydrogen-bond donors (Lipinski definition) is 3. The SMILES string of the molecule is O=C(NCCNc1nc2ccccc2s1)Nc1ccc(F)cc1. The number of carbonyl (C=O) groups excluding carboxylic acids is 1. The second-order valence-electron chi connectivity index (χ2n) is 4.80. The number of nitrogens with one attached hydrogen (secondary N) is 3. The summed E-state index contributed by atoms with van der Waals surface area (Å²) >= 11 is 1.57. The maximum atomic E-state index is 12.8. The summed E-state index contributed by atoms with van der Waals surface area (Å²) in [4.78, 5) is 16.1. The maximum Gasteiger partial charge on any atom is 0.319 e. The lowest BCUT2D eigenvalue weighted by Gasteiger charge is -2.07. The first-order valence-electron chi connectivity index (χ1n) is 7.10. The van der Waals surface area contributed by atoms with Gasteiger partial charge in [0.25, 0.3) is 0 Å². The molecule has 0 atom stereocenters. The van der Waals surface area contributed by atoms with Gasteiger partial charge in [-0.25, -0.2) is 14.2 Å². The van der Waals surface area contributed by atoms with Crippen molar-refractivity contribution in [3.05, 3.63) is 54.3 Å². The number of nitrogens with zero attached hydrogens (tertiary/aromatic N) is 1. The van der Waals surface area contributed by atoms with Crippen molar-refractivity contribution < 1.29 is 9.18 Å². The van der Waals surface area contributed by atoms with Gasteiger partial charge in [0.15, 0.2) is 5.13 Å². The fourth-order valence-corrected chi connectivity index (χ4v) is 2.89. The summed E-state index contributed by atoms with van der Waals surface area (Å²) in [5.41, 5.74) is 1.50. The van der Waals surface area contributed by atoms with Crippen LogP contribution in [0.4, 0.5) is 20.0 Å². The van der Waals surface area contributed by atoms with E-state index in [9.17, 15) is 9.18 Å². The van der Waals surface area contributed by atoms with E-state index < -0.39 is 0 Å². The van der Waals surface area contributed by atoms with Gasteiger partial charge in [-0.3, -0.25) is 0 Å². The second-order valence-corrected chi connectivity index (χ2v) is 5.83. The van der Waals surface area contributed by atoms with Gasteiger partial charge < -0.3 is 16.0 Å². The number of rotatable bonds is 5. The molecule has 1 heterocycles. The summed E-state index contributed by atoms with van der Waals surface area (Å²) in [7, 11) is 0. The molecule has 23 heavy (non-hydrogen) atoms. The minimum absolute atomic E-state index is 0.331. The van der Waals surface area contributed by atoms with Gasteiger partial charge in [-0.05, 0) is 36.4 Å². The first kappa shape index (κ1) is 15.2. The van der Waals surface area contributed by atoms with Crippen LogP contribution in [-0.4, -0.2) is 24.1 Å². The molecule has 0 fully saturated rings. The highest BCUT2D eigenvalue weighted by Gasteiger charge is 2.03. The van der Waals surface area contributed by atoms with E-state index in [0.717, 1.165) is 15.3 Å². The Morgan fingerprint density at radius 2 is 1.87 bits per heavy atom. The van der Waals surface area contributed by atoms with Gasteiger partial charge in [0, 0.05) is 18.8 Å². The van der Waals surface area contributed by atoms with Crippen molar-refractivity contribution in [2.24, 2.45) is 0 Å². The van der Waals surface area contributed by atoms with Crippen molar-refractivity contribution in [1.29, 1.82) is 0 Å². The number of para-hydroxylation sites is 1. The van der Waals surface area contributed by atoms with E-state index in [2.05, 4.69) is 20.9 Å². The number of anilines is 2. The first-order valence-corrected chi connectivity index (χ1v) is 7.92. The van der Waals surface area contributed by atoms with Crippen LogP contribution < -0.4 is 16.0 Å². The topological polar surface area (TPSA) is 66.0 Å². The fraction of sp³-hybridized carbons (Fsp3) is 0.125. The van der Waals surface area contributed by atoms with Crippen molar-refractivity contribution >= 4 is 38.4 Å². The normalized spacial score (nSPS) is 10.5. The number of benzene rings is 2. The van der Waals surface area contributed by atoms with Gasteiger partial charge in [0.05, 0.1) is 10.2 Å². The molecule has 0 aliphatic rings. The third-order valence-corrected chi connectivity index (χ3v) is 4.08. The highest BCUT2D eigenvalue weighted by Crippen LogP contribution is 2.24. The van der Waals surface area contributed by atoms with Crippen molar-refractivity contribution in [2.45, 2.75) is 0 Å². The predicted molar refractivity (Wildman–Crippen MR) is 91.5 cm³/mol. The van der Waals surface area contributed by atoms with Gasteiger partial charge >= 0.3 is 6.03 Å². The number of hydrogen-bond acceptors (Lipinski definition) is 4. The van der Waals surface area contributed by atoms with E-state index in [4.69, 9.17) is 0 Å². The van der Waals surface area contributed by atoms with Gasteiger partial charge in [0.2, 0.25) is 0 Å². The average Bonchev–Trinajstić information content (AvgIpc) is 2.96. The zero-order valence-corrected chi connectivity index (χ0v) is 13.0. The smallest absolute Gasteiger partial charge is 0.319 e. The van der Waals surface area contributed by atoms with E-state index in [1.54, 1.807) is 11.3 Å². The summed E-state index contributed by atoms with van der Waals surface area (Å²) in [6.45, 7) is 1.01. The molecule has 118 valence electrons. The molecule has 0 aliphatic carbocycles. The Kier molecular flexibility index (Phi) is 4.68. The molecule has 0 aliphatic heterocycles. The van der Waals surface area contributed by atoms with Gasteiger partial charge in [-0.2, -0.15) is 0 Å². The lowest BCUT2D eigenvalue weighted by molar-refractivity contribution is 0.252. The summed E-state index contributed by atoms with van der Waals surface area (Å²) in [5, 5.41) is 9.35. The minimum atomic E-state index is -0.337. The highest BCUT2D eigenvalue weighted by atomic mass is 32.1. The number of aromatic nitrogens is 1. The number of carbonyl (C=O) groups is 1. The number of halogens is 1. The van der Waals surface area contributed by atoms with Gasteiger partial charge in [-0.1, -0.05) is 23.5 Å². The van der Waals surface area contributed by atoms with Crippen LogP contribution in [0.1, 0.15) is 0 Å². The van der Waals surface area contributed by atoms with Crippen LogP contribution in [0, 0.1) is 5.82 Å². The Hall–Kier alpha value is -2.67. The standard InChI is InChI=1S/C16H15FN4OS/c17-11-5-7-12(8-6-11)20-15(22)18-9-10-19-16-21-13-3-1-2-4-14(13)23-16/h1-8H,9-10H2,(H,19,21)(H2,18,20,22). The van der Waals surface area contributed by atoms with Gasteiger partial charge in [0.1, 0.15) is 5.82 Å². The van der Waals surface area contributed by atoms with E-state index in [1.165, 1.54) is 24.3 Å². The van der Waals surface area contributed by atoms with Crippen molar-refractivity contribution in [3.63, 3.8) is 0 Å². The lowest BCUT2D eigenvalue weighted by Crippen LogP contribution is -2.32. The molecule has 0 saturated carbocycles. The van der Waals surface area contributed by atoms with E-state index in [-0.39, 0.29) is 11.8 Å². The monoisotopic (exact) mass is 330 g/mol. The Balaban J connectivity index is 1.42. The number of amides is 2. The highest BCUT2D eigenvalue weighted by molar-refractivity contribution is 7.22. The molecule has 2 amide bonds. The van der Waals surface area contributed by atoms with Crippen LogP contribution in [0.5, 0.6) is 0 Å². The molecule has 0 radical (unpaired) electrons. The van der Waals surface area contributed by atoms with Crippen molar-refractivity contribution in [1.82, 2.24) is 10.3 Å². The molecule has 5 nitrogen and oxygen atoms in total. The molecule has 0 saturated heterocycles. The molecule has 0 spiro atoms. The number of urea groups is 1. The average molecular weight is 330 g/mol. The van der Waals surface area contributed by atoms with Crippen LogP contribution in [0.3, 0.4) is 0 Å². The van der Waals surface area contributed by atoms with E-state index >= 15 is 0 Å². The van der Waals surface area contributed by atoms with Crippen LogP contribution in [-0.2, 0) is 0 Å². The molecule has 0 bridgehead atoms. The maximum absolute atomic E-state index is 12.8. The predicted octanol–water partition coefficient (Wildman–Crippen LogP) is 3.67. The molecule has 3 aromatic rings. The quantitative estimate of drug-likeness (QED) is 0.625. The molecule has 3 N–H and O–H groups in total. The minimum Gasteiger partial charge on any atom is -0.360 e. The molecule has 2 aromatic carbocycles. The Morgan fingerprint density at radius 3 is 2.65 bits per heavy atom. The van der Waals surface area contributed by atoms with Crippen molar-refractivity contribution in [3.8, 4) is 0 Å². The largest absolute Gasteiger partial charge is 0.360 e. The molecule has 3 rings (SSSR count). The zero-order valence-electron chi connectivity index (χ0n) is 12.2. The molecule has 1 aromatic heterocycles. The molecule has 0 unspecified atom stereocenters. The molecular weight excluding hydrogens is 315 g/mol. The van der Waals surface area contributed by atoms with Crippen LogP contribution in [0.15, 0.2) is 48.5 Å². The third kappa shape index (κ3) is 4.17. The summed E-state index contributed by atoms with van der Waals surface area (Å²) in [5.74, 6) is -0.337. The number of fused-ring (bicyclic) bond motifs is 1. The number of thiazole rings is 1.